The Balaban J connectivity index is 1.96. The standard InChI is InChI=1S/C27H21F2N3O4/c1-3-36-27(35)23-24(31(16-30-23)22-14-4-17(2)5-15-22)32(25(33)18-6-10-20(28)11-7-18)26(34)19-8-12-21(29)13-9-19/h4-16H,3H2,1-2H3. The molecule has 0 radical (unpaired) electrons. The SMILES string of the molecule is CCOC(=O)c1ncn(-c2ccc(C)cc2)c1N(C(=O)c1ccc(F)cc1)C(=O)c1ccc(F)cc1. The van der Waals surface area contributed by atoms with Gasteiger partial charge in [0.05, 0.1) is 6.61 Å². The number of carbonyl (C=O) groups is 3. The van der Waals surface area contributed by atoms with Gasteiger partial charge in [-0.2, -0.15) is 0 Å². The lowest BCUT2D eigenvalue weighted by Crippen LogP contribution is -2.39. The second kappa shape index (κ2) is 10.3. The number of nitrogens with zero attached hydrogens (tertiary/aromatic N) is 3. The molecule has 2 amide bonds. The van der Waals surface area contributed by atoms with Gasteiger partial charge in [-0.05, 0) is 74.5 Å². The summed E-state index contributed by atoms with van der Waals surface area (Å²) >= 11 is 0. The second-order valence-electron chi connectivity index (χ2n) is 7.80. The molecule has 0 spiro atoms. The maximum Gasteiger partial charge on any atom is 0.360 e. The molecule has 36 heavy (non-hydrogen) atoms. The van der Waals surface area contributed by atoms with Gasteiger partial charge in [-0.3, -0.25) is 14.2 Å². The van der Waals surface area contributed by atoms with Crippen molar-refractivity contribution in [3.05, 3.63) is 113 Å². The third kappa shape index (κ3) is 4.90. The van der Waals surface area contributed by atoms with Crippen molar-refractivity contribution in [3.8, 4) is 5.69 Å². The third-order valence-corrected chi connectivity index (χ3v) is 5.32. The van der Waals surface area contributed by atoms with Gasteiger partial charge in [-0.1, -0.05) is 17.7 Å². The first-order valence-electron chi connectivity index (χ1n) is 11.0. The molecule has 0 bridgehead atoms. The second-order valence-corrected chi connectivity index (χ2v) is 7.80. The van der Waals surface area contributed by atoms with E-state index in [2.05, 4.69) is 4.98 Å². The van der Waals surface area contributed by atoms with Crippen LogP contribution in [0.2, 0.25) is 0 Å². The van der Waals surface area contributed by atoms with E-state index in [4.69, 9.17) is 4.74 Å². The number of carbonyl (C=O) groups excluding carboxylic acids is 3. The summed E-state index contributed by atoms with van der Waals surface area (Å²) in [6.07, 6.45) is 1.30. The molecule has 182 valence electrons. The monoisotopic (exact) mass is 489 g/mol. The topological polar surface area (TPSA) is 81.5 Å². The van der Waals surface area contributed by atoms with Crippen LogP contribution in [0.3, 0.4) is 0 Å². The molecule has 1 heterocycles. The molecule has 0 N–H and O–H groups in total. The Morgan fingerprint density at radius 1 is 0.833 bits per heavy atom. The summed E-state index contributed by atoms with van der Waals surface area (Å²) < 4.78 is 33.6. The Morgan fingerprint density at radius 2 is 1.33 bits per heavy atom. The Bertz CT molecular complexity index is 1360. The zero-order chi connectivity index (χ0) is 25.8. The number of aromatic nitrogens is 2. The molecule has 9 heteroatoms. The van der Waals surface area contributed by atoms with Crippen LogP contribution in [0.5, 0.6) is 0 Å². The zero-order valence-corrected chi connectivity index (χ0v) is 19.4. The van der Waals surface area contributed by atoms with Gasteiger partial charge in [0.1, 0.15) is 18.0 Å². The van der Waals surface area contributed by atoms with Crippen molar-refractivity contribution in [3.63, 3.8) is 0 Å². The summed E-state index contributed by atoms with van der Waals surface area (Å²) in [5, 5.41) is 0. The summed E-state index contributed by atoms with van der Waals surface area (Å²) in [6, 6.07) is 16.3. The number of benzene rings is 3. The predicted molar refractivity (Wildman–Crippen MR) is 128 cm³/mol. The first-order chi connectivity index (χ1) is 17.3. The van der Waals surface area contributed by atoms with Gasteiger partial charge < -0.3 is 4.74 Å². The van der Waals surface area contributed by atoms with Crippen LogP contribution in [0.4, 0.5) is 14.6 Å². The Hall–Kier alpha value is -4.66. The minimum Gasteiger partial charge on any atom is -0.461 e. The third-order valence-electron chi connectivity index (χ3n) is 5.32. The molecular formula is C27H21F2N3O4. The molecule has 4 rings (SSSR count). The van der Waals surface area contributed by atoms with Gasteiger partial charge in [-0.15, -0.1) is 0 Å². The molecule has 0 unspecified atom stereocenters. The summed E-state index contributed by atoms with van der Waals surface area (Å²) in [6.45, 7) is 3.54. The van der Waals surface area contributed by atoms with Crippen molar-refractivity contribution in [2.24, 2.45) is 0 Å². The van der Waals surface area contributed by atoms with Gasteiger partial charge in [0, 0.05) is 16.8 Å². The quantitative estimate of drug-likeness (QED) is 0.277. The molecule has 1 aromatic heterocycles. The fourth-order valence-electron chi connectivity index (χ4n) is 3.52. The van der Waals surface area contributed by atoms with Gasteiger partial charge in [0.2, 0.25) is 0 Å². The zero-order valence-electron chi connectivity index (χ0n) is 19.4. The first kappa shape index (κ1) is 24.5. The van der Waals surface area contributed by atoms with Crippen molar-refractivity contribution in [1.29, 1.82) is 0 Å². The van der Waals surface area contributed by atoms with Crippen molar-refractivity contribution in [2.45, 2.75) is 13.8 Å². The molecule has 0 atom stereocenters. The van der Waals surface area contributed by atoms with E-state index in [1.54, 1.807) is 19.1 Å². The summed E-state index contributed by atoms with van der Waals surface area (Å²) in [4.78, 5) is 45.2. The van der Waals surface area contributed by atoms with Crippen LogP contribution in [0, 0.1) is 18.6 Å². The molecule has 0 aliphatic carbocycles. The average molecular weight is 489 g/mol. The number of esters is 1. The molecule has 0 aliphatic heterocycles. The number of imide groups is 1. The molecule has 0 saturated carbocycles. The highest BCUT2D eigenvalue weighted by Crippen LogP contribution is 2.29. The normalized spacial score (nSPS) is 10.7. The van der Waals surface area contributed by atoms with E-state index in [-0.39, 0.29) is 29.2 Å². The largest absolute Gasteiger partial charge is 0.461 e. The van der Waals surface area contributed by atoms with Crippen LogP contribution in [0.15, 0.2) is 79.1 Å². The van der Waals surface area contributed by atoms with Crippen LogP contribution in [0.25, 0.3) is 5.69 Å². The molecule has 0 saturated heterocycles. The Labute approximate surface area is 205 Å². The number of anilines is 1. The number of hydrogen-bond donors (Lipinski definition) is 0. The van der Waals surface area contributed by atoms with Crippen LogP contribution in [-0.2, 0) is 4.74 Å². The maximum absolute atomic E-state index is 13.7. The number of halogens is 2. The highest BCUT2D eigenvalue weighted by molar-refractivity contribution is 6.26. The van der Waals surface area contributed by atoms with Gasteiger partial charge in [0.15, 0.2) is 11.5 Å². The number of imidazole rings is 1. The Morgan fingerprint density at radius 3 is 1.81 bits per heavy atom. The minimum absolute atomic E-state index is 0.0154. The van der Waals surface area contributed by atoms with E-state index in [9.17, 15) is 23.2 Å². The van der Waals surface area contributed by atoms with E-state index in [0.29, 0.717) is 5.69 Å². The van der Waals surface area contributed by atoms with E-state index in [1.807, 2.05) is 19.1 Å². The van der Waals surface area contributed by atoms with Gasteiger partial charge in [0.25, 0.3) is 11.8 Å². The Kier molecular flexibility index (Phi) is 7.00. The van der Waals surface area contributed by atoms with Crippen molar-refractivity contribution < 1.29 is 27.9 Å². The fourth-order valence-corrected chi connectivity index (χ4v) is 3.52. The molecule has 4 aromatic rings. The summed E-state index contributed by atoms with van der Waals surface area (Å²) in [7, 11) is 0. The van der Waals surface area contributed by atoms with Crippen LogP contribution in [-0.4, -0.2) is 33.9 Å². The van der Waals surface area contributed by atoms with E-state index >= 15 is 0 Å². The number of aryl methyl sites for hydroxylation is 1. The smallest absolute Gasteiger partial charge is 0.360 e. The van der Waals surface area contributed by atoms with Gasteiger partial charge >= 0.3 is 5.97 Å². The fraction of sp³-hybridized carbons (Fsp3) is 0.111. The van der Waals surface area contributed by atoms with Crippen LogP contribution >= 0.6 is 0 Å². The van der Waals surface area contributed by atoms with Crippen LogP contribution in [0.1, 0.15) is 43.7 Å². The molecule has 0 aliphatic rings. The molecule has 3 aromatic carbocycles. The number of amides is 2. The maximum atomic E-state index is 13.7. The lowest BCUT2D eigenvalue weighted by atomic mass is 10.1. The summed E-state index contributed by atoms with van der Waals surface area (Å²) in [5.41, 5.74) is 1.18. The molecule has 0 fully saturated rings. The highest BCUT2D eigenvalue weighted by Gasteiger charge is 2.34. The highest BCUT2D eigenvalue weighted by atomic mass is 19.1. The predicted octanol–water partition coefficient (Wildman–Crippen LogP) is 5.12. The number of hydrogen-bond acceptors (Lipinski definition) is 5. The average Bonchev–Trinajstić information content (AvgIpc) is 3.30. The number of rotatable bonds is 6. The van der Waals surface area contributed by atoms with E-state index < -0.39 is 29.4 Å². The van der Waals surface area contributed by atoms with Crippen molar-refractivity contribution in [1.82, 2.24) is 9.55 Å². The number of ether oxygens (including phenoxy) is 1. The lowest BCUT2D eigenvalue weighted by Gasteiger charge is -2.23. The van der Waals surface area contributed by atoms with E-state index in [0.717, 1.165) is 34.7 Å². The summed E-state index contributed by atoms with van der Waals surface area (Å²) in [5.74, 6) is -3.84. The molecule has 7 nitrogen and oxygen atoms in total. The minimum atomic E-state index is -0.845. The first-order valence-corrected chi connectivity index (χ1v) is 11.0. The van der Waals surface area contributed by atoms with E-state index in [1.165, 1.54) is 35.2 Å². The van der Waals surface area contributed by atoms with Crippen molar-refractivity contribution in [2.75, 3.05) is 11.5 Å². The van der Waals surface area contributed by atoms with Crippen LogP contribution < -0.4 is 4.90 Å². The van der Waals surface area contributed by atoms with Crippen molar-refractivity contribution >= 4 is 23.6 Å². The van der Waals surface area contributed by atoms with Gasteiger partial charge in [-0.25, -0.2) is 23.5 Å². The molecular weight excluding hydrogens is 468 g/mol. The lowest BCUT2D eigenvalue weighted by molar-refractivity contribution is 0.0521.